The normalized spacial score (nSPS) is 10.3. The van der Waals surface area contributed by atoms with Gasteiger partial charge in [-0.2, -0.15) is 0 Å². The fourth-order valence-electron chi connectivity index (χ4n) is 1.60. The van der Waals surface area contributed by atoms with Gasteiger partial charge in [0.25, 0.3) is 0 Å². The minimum atomic E-state index is 0.810. The highest BCUT2D eigenvalue weighted by Crippen LogP contribution is 2.10. The van der Waals surface area contributed by atoms with E-state index >= 15 is 0 Å². The summed E-state index contributed by atoms with van der Waals surface area (Å²) in [7, 11) is 0. The molecule has 1 aromatic heterocycles. The highest BCUT2D eigenvalue weighted by atomic mass is 16.1. The molecule has 0 unspecified atom stereocenters. The lowest BCUT2D eigenvalue weighted by Gasteiger charge is -2.08. The highest BCUT2D eigenvalue weighted by Gasteiger charge is 2.04. The molecule has 0 N–H and O–H groups in total. The lowest BCUT2D eigenvalue weighted by Crippen LogP contribution is -2.05. The van der Waals surface area contributed by atoms with E-state index in [1.807, 2.05) is 6.07 Å². The molecule has 1 aromatic rings. The summed E-state index contributed by atoms with van der Waals surface area (Å²) in [6, 6.07) is 3.97. The van der Waals surface area contributed by atoms with Crippen molar-refractivity contribution >= 4 is 6.29 Å². The summed E-state index contributed by atoms with van der Waals surface area (Å²) in [4.78, 5) is 10.7. The maximum absolute atomic E-state index is 10.7. The summed E-state index contributed by atoms with van der Waals surface area (Å²) in [6.45, 7) is 5.24. The standard InChI is InChI=1S/C11H17NO/c1-3-5-10-6-7-11(9-13)12(10)8-4-2/h6-7,9H,3-5,8H2,1-2H3. The largest absolute Gasteiger partial charge is 0.342 e. The zero-order valence-corrected chi connectivity index (χ0v) is 8.42. The van der Waals surface area contributed by atoms with Gasteiger partial charge >= 0.3 is 0 Å². The third kappa shape index (κ3) is 2.20. The van der Waals surface area contributed by atoms with Crippen LogP contribution < -0.4 is 0 Å². The zero-order chi connectivity index (χ0) is 9.68. The molecule has 1 rings (SSSR count). The van der Waals surface area contributed by atoms with Crippen LogP contribution in [-0.2, 0) is 13.0 Å². The molecule has 72 valence electrons. The van der Waals surface area contributed by atoms with Crippen LogP contribution in [-0.4, -0.2) is 10.9 Å². The zero-order valence-electron chi connectivity index (χ0n) is 8.42. The second kappa shape index (κ2) is 4.85. The number of nitrogens with zero attached hydrogens (tertiary/aromatic N) is 1. The first-order valence-electron chi connectivity index (χ1n) is 4.97. The second-order valence-corrected chi connectivity index (χ2v) is 3.27. The van der Waals surface area contributed by atoms with Gasteiger partial charge in [-0.15, -0.1) is 0 Å². The molecule has 0 spiro atoms. The van der Waals surface area contributed by atoms with E-state index in [0.717, 1.165) is 37.8 Å². The van der Waals surface area contributed by atoms with Crippen molar-refractivity contribution in [1.82, 2.24) is 4.57 Å². The quantitative estimate of drug-likeness (QED) is 0.637. The van der Waals surface area contributed by atoms with E-state index in [4.69, 9.17) is 0 Å². The van der Waals surface area contributed by atoms with Gasteiger partial charge in [-0.3, -0.25) is 4.79 Å². The van der Waals surface area contributed by atoms with Crippen molar-refractivity contribution in [3.63, 3.8) is 0 Å². The van der Waals surface area contributed by atoms with Crippen LogP contribution in [0, 0.1) is 0 Å². The van der Waals surface area contributed by atoms with E-state index in [0.29, 0.717) is 0 Å². The Morgan fingerprint density at radius 2 is 2.08 bits per heavy atom. The summed E-state index contributed by atoms with van der Waals surface area (Å²) in [5.74, 6) is 0. The maximum Gasteiger partial charge on any atom is 0.166 e. The molecule has 0 radical (unpaired) electrons. The average molecular weight is 179 g/mol. The molecule has 0 aliphatic carbocycles. The smallest absolute Gasteiger partial charge is 0.166 e. The fourth-order valence-corrected chi connectivity index (χ4v) is 1.60. The van der Waals surface area contributed by atoms with Crippen molar-refractivity contribution in [2.45, 2.75) is 39.7 Å². The number of aryl methyl sites for hydroxylation is 1. The lowest BCUT2D eigenvalue weighted by molar-refractivity contribution is 0.111. The van der Waals surface area contributed by atoms with Gasteiger partial charge in [-0.1, -0.05) is 20.3 Å². The molecule has 0 bridgehead atoms. The average Bonchev–Trinajstić information content (AvgIpc) is 2.50. The van der Waals surface area contributed by atoms with Crippen LogP contribution in [0.5, 0.6) is 0 Å². The topological polar surface area (TPSA) is 22.0 Å². The molecule has 0 aromatic carbocycles. The molecule has 2 nitrogen and oxygen atoms in total. The lowest BCUT2D eigenvalue weighted by atomic mass is 10.2. The molecule has 0 atom stereocenters. The monoisotopic (exact) mass is 179 g/mol. The van der Waals surface area contributed by atoms with Gasteiger partial charge in [-0.05, 0) is 25.0 Å². The number of aldehydes is 1. The summed E-state index contributed by atoms with van der Waals surface area (Å²) >= 11 is 0. The molecule has 1 heterocycles. The van der Waals surface area contributed by atoms with Gasteiger partial charge in [0, 0.05) is 12.2 Å². The Hall–Kier alpha value is -1.05. The van der Waals surface area contributed by atoms with Crippen molar-refractivity contribution in [3.05, 3.63) is 23.5 Å². The van der Waals surface area contributed by atoms with E-state index < -0.39 is 0 Å². The molecule has 0 saturated heterocycles. The molecule has 2 heteroatoms. The van der Waals surface area contributed by atoms with Crippen molar-refractivity contribution in [2.75, 3.05) is 0 Å². The first-order valence-corrected chi connectivity index (χ1v) is 4.97. The minimum Gasteiger partial charge on any atom is -0.342 e. The highest BCUT2D eigenvalue weighted by molar-refractivity contribution is 5.72. The summed E-state index contributed by atoms with van der Waals surface area (Å²) in [5, 5.41) is 0. The van der Waals surface area contributed by atoms with E-state index in [9.17, 15) is 4.79 Å². The molecule has 0 amide bonds. The van der Waals surface area contributed by atoms with Gasteiger partial charge in [0.05, 0.1) is 5.69 Å². The summed E-state index contributed by atoms with van der Waals surface area (Å²) in [6.07, 6.45) is 4.21. The van der Waals surface area contributed by atoms with E-state index in [1.165, 1.54) is 5.69 Å². The molecular weight excluding hydrogens is 162 g/mol. The number of hydrogen-bond acceptors (Lipinski definition) is 1. The van der Waals surface area contributed by atoms with Crippen LogP contribution in [0.4, 0.5) is 0 Å². The van der Waals surface area contributed by atoms with E-state index in [-0.39, 0.29) is 0 Å². The molecule has 0 fully saturated rings. The molecule has 0 aliphatic heterocycles. The van der Waals surface area contributed by atoms with Crippen molar-refractivity contribution < 1.29 is 4.79 Å². The van der Waals surface area contributed by atoms with Crippen molar-refractivity contribution in [2.24, 2.45) is 0 Å². The summed E-state index contributed by atoms with van der Waals surface area (Å²) in [5.41, 5.74) is 2.09. The second-order valence-electron chi connectivity index (χ2n) is 3.27. The molecule has 0 saturated carbocycles. The Labute approximate surface area is 79.6 Å². The number of carbonyl (C=O) groups is 1. The van der Waals surface area contributed by atoms with Gasteiger partial charge in [0.15, 0.2) is 6.29 Å². The van der Waals surface area contributed by atoms with Gasteiger partial charge in [0.1, 0.15) is 0 Å². The number of rotatable bonds is 5. The van der Waals surface area contributed by atoms with Crippen LogP contribution in [0.1, 0.15) is 42.9 Å². The van der Waals surface area contributed by atoms with Crippen LogP contribution in [0.25, 0.3) is 0 Å². The SMILES string of the molecule is CCCc1ccc(C=O)n1CCC. The predicted molar refractivity (Wildman–Crippen MR) is 54.1 cm³/mol. The number of aromatic nitrogens is 1. The number of carbonyl (C=O) groups excluding carboxylic acids is 1. The van der Waals surface area contributed by atoms with Crippen LogP contribution in [0.3, 0.4) is 0 Å². The first kappa shape index (κ1) is 10.0. The predicted octanol–water partition coefficient (Wildman–Crippen LogP) is 2.66. The van der Waals surface area contributed by atoms with Gasteiger partial charge in [-0.25, -0.2) is 0 Å². The minimum absolute atomic E-state index is 0.810. The van der Waals surface area contributed by atoms with Crippen molar-refractivity contribution in [1.29, 1.82) is 0 Å². The van der Waals surface area contributed by atoms with Crippen molar-refractivity contribution in [3.8, 4) is 0 Å². The Morgan fingerprint density at radius 3 is 2.62 bits per heavy atom. The van der Waals surface area contributed by atoms with Crippen LogP contribution >= 0.6 is 0 Å². The molecular formula is C11H17NO. The maximum atomic E-state index is 10.7. The first-order chi connectivity index (χ1) is 6.33. The Morgan fingerprint density at radius 1 is 1.31 bits per heavy atom. The van der Waals surface area contributed by atoms with E-state index in [2.05, 4.69) is 24.5 Å². The van der Waals surface area contributed by atoms with Gasteiger partial charge in [0.2, 0.25) is 0 Å². The Balaban J connectivity index is 2.91. The van der Waals surface area contributed by atoms with Gasteiger partial charge < -0.3 is 4.57 Å². The third-order valence-corrected chi connectivity index (χ3v) is 2.18. The third-order valence-electron chi connectivity index (χ3n) is 2.18. The number of hydrogen-bond donors (Lipinski definition) is 0. The summed E-state index contributed by atoms with van der Waals surface area (Å²) < 4.78 is 2.12. The van der Waals surface area contributed by atoms with Crippen LogP contribution in [0.15, 0.2) is 12.1 Å². The van der Waals surface area contributed by atoms with E-state index in [1.54, 1.807) is 0 Å². The Kier molecular flexibility index (Phi) is 3.74. The molecule has 13 heavy (non-hydrogen) atoms. The fraction of sp³-hybridized carbons (Fsp3) is 0.545. The molecule has 0 aliphatic rings. The van der Waals surface area contributed by atoms with Crippen LogP contribution in [0.2, 0.25) is 0 Å². The Bertz CT molecular complexity index is 276.